The van der Waals surface area contributed by atoms with E-state index in [0.717, 1.165) is 18.9 Å². The molecule has 1 aliphatic heterocycles. The molecule has 1 atom stereocenters. The zero-order valence-corrected chi connectivity index (χ0v) is 12.6. The van der Waals surface area contributed by atoms with Crippen molar-refractivity contribution in [2.75, 3.05) is 18.0 Å². The average molecular weight is 300 g/mol. The van der Waals surface area contributed by atoms with Gasteiger partial charge in [-0.05, 0) is 31.9 Å². The Labute approximate surface area is 129 Å². The van der Waals surface area contributed by atoms with Gasteiger partial charge in [-0.1, -0.05) is 0 Å². The van der Waals surface area contributed by atoms with Gasteiger partial charge in [-0.15, -0.1) is 0 Å². The van der Waals surface area contributed by atoms with Crippen molar-refractivity contribution in [1.29, 1.82) is 0 Å². The van der Waals surface area contributed by atoms with E-state index in [2.05, 4.69) is 25.3 Å². The second kappa shape index (κ2) is 6.55. The number of carbonyl (C=O) groups is 1. The van der Waals surface area contributed by atoms with E-state index < -0.39 is 0 Å². The Bertz CT molecular complexity index is 621. The van der Waals surface area contributed by atoms with E-state index in [0.29, 0.717) is 12.4 Å². The van der Waals surface area contributed by atoms with E-state index >= 15 is 0 Å². The quantitative estimate of drug-likeness (QED) is 0.896. The molecule has 7 heteroatoms. The first kappa shape index (κ1) is 14.5. The van der Waals surface area contributed by atoms with Crippen molar-refractivity contribution in [3.63, 3.8) is 0 Å². The van der Waals surface area contributed by atoms with Crippen LogP contribution in [0.2, 0.25) is 0 Å². The van der Waals surface area contributed by atoms with Crippen molar-refractivity contribution in [2.24, 2.45) is 0 Å². The predicted octanol–water partition coefficient (Wildman–Crippen LogP) is 1.15. The van der Waals surface area contributed by atoms with Crippen LogP contribution in [-0.4, -0.2) is 38.7 Å². The number of carbonyl (C=O) groups excluding carboxylic acids is 1. The zero-order chi connectivity index (χ0) is 15.4. The number of nitrogens with zero attached hydrogens (tertiary/aromatic N) is 5. The number of hydrogen-bond acceptors (Lipinski definition) is 5. The molecule has 2 aromatic heterocycles. The third-order valence-electron chi connectivity index (χ3n) is 3.84. The third kappa shape index (κ3) is 3.24. The van der Waals surface area contributed by atoms with Crippen LogP contribution in [0, 0.1) is 0 Å². The minimum absolute atomic E-state index is 0.0983. The van der Waals surface area contributed by atoms with E-state index in [1.165, 1.54) is 12.8 Å². The number of hydrogen-bond donors (Lipinski definition) is 1. The van der Waals surface area contributed by atoms with Gasteiger partial charge < -0.3 is 10.2 Å². The number of nitrogens with one attached hydrogen (secondary N) is 1. The molecule has 0 radical (unpaired) electrons. The maximum Gasteiger partial charge on any atom is 0.244 e. The van der Waals surface area contributed by atoms with Crippen molar-refractivity contribution in [3.05, 3.63) is 36.5 Å². The topological polar surface area (TPSA) is 75.9 Å². The third-order valence-corrected chi connectivity index (χ3v) is 3.84. The highest BCUT2D eigenvalue weighted by Crippen LogP contribution is 2.16. The molecule has 0 bridgehead atoms. The van der Waals surface area contributed by atoms with Crippen molar-refractivity contribution in [2.45, 2.75) is 32.4 Å². The van der Waals surface area contributed by atoms with Gasteiger partial charge >= 0.3 is 0 Å². The Morgan fingerprint density at radius 2 is 2.18 bits per heavy atom. The van der Waals surface area contributed by atoms with E-state index in [9.17, 15) is 4.79 Å². The first-order valence-electron chi connectivity index (χ1n) is 7.58. The summed E-state index contributed by atoms with van der Waals surface area (Å²) in [5.74, 6) is 1.47. The molecule has 3 heterocycles. The van der Waals surface area contributed by atoms with Gasteiger partial charge in [-0.25, -0.2) is 9.97 Å². The van der Waals surface area contributed by atoms with Crippen molar-refractivity contribution in [3.8, 4) is 0 Å². The average Bonchev–Trinajstić information content (AvgIpc) is 3.24. The maximum atomic E-state index is 12.1. The lowest BCUT2D eigenvalue weighted by Crippen LogP contribution is -2.31. The summed E-state index contributed by atoms with van der Waals surface area (Å²) in [4.78, 5) is 23.1. The summed E-state index contributed by atoms with van der Waals surface area (Å²) >= 11 is 0. The van der Waals surface area contributed by atoms with Gasteiger partial charge in [0, 0.05) is 31.7 Å². The first-order chi connectivity index (χ1) is 10.7. The summed E-state index contributed by atoms with van der Waals surface area (Å²) in [6.07, 6.45) is 7.59. The van der Waals surface area contributed by atoms with Crippen LogP contribution in [0.3, 0.4) is 0 Å². The van der Waals surface area contributed by atoms with E-state index in [1.54, 1.807) is 29.3 Å². The molecule has 0 aliphatic carbocycles. The molecule has 0 saturated carbocycles. The van der Waals surface area contributed by atoms with Crippen LogP contribution in [0.4, 0.5) is 5.82 Å². The van der Waals surface area contributed by atoms with Crippen LogP contribution in [0.1, 0.15) is 31.6 Å². The van der Waals surface area contributed by atoms with Crippen molar-refractivity contribution >= 4 is 11.7 Å². The van der Waals surface area contributed by atoms with Gasteiger partial charge in [0.25, 0.3) is 0 Å². The molecule has 1 saturated heterocycles. The molecule has 1 aliphatic rings. The van der Waals surface area contributed by atoms with Gasteiger partial charge in [0.2, 0.25) is 5.91 Å². The van der Waals surface area contributed by atoms with Gasteiger partial charge in [0.15, 0.2) is 0 Å². The van der Waals surface area contributed by atoms with Crippen LogP contribution >= 0.6 is 0 Å². The summed E-state index contributed by atoms with van der Waals surface area (Å²) in [5.41, 5.74) is 0. The minimum Gasteiger partial charge on any atom is -0.357 e. The van der Waals surface area contributed by atoms with Crippen LogP contribution in [0.15, 0.2) is 30.7 Å². The molecule has 116 valence electrons. The predicted molar refractivity (Wildman–Crippen MR) is 82.3 cm³/mol. The van der Waals surface area contributed by atoms with E-state index in [4.69, 9.17) is 0 Å². The van der Waals surface area contributed by atoms with Crippen molar-refractivity contribution in [1.82, 2.24) is 25.1 Å². The lowest BCUT2D eigenvalue weighted by molar-refractivity contribution is -0.124. The molecule has 7 nitrogen and oxygen atoms in total. The smallest absolute Gasteiger partial charge is 0.244 e. The second-order valence-corrected chi connectivity index (χ2v) is 5.41. The molecule has 1 N–H and O–H groups in total. The fourth-order valence-corrected chi connectivity index (χ4v) is 2.54. The SMILES string of the molecule is CC(C(=O)NCc1nccc(N2CCCC2)n1)n1cccn1. The summed E-state index contributed by atoms with van der Waals surface area (Å²) in [7, 11) is 0. The van der Waals surface area contributed by atoms with Crippen LogP contribution in [0.25, 0.3) is 0 Å². The standard InChI is InChI=1S/C15H20N6O/c1-12(21-10-4-6-18-21)15(22)17-11-13-16-7-5-14(19-13)20-8-2-3-9-20/h4-7,10,12H,2-3,8-9,11H2,1H3,(H,17,22). The summed E-state index contributed by atoms with van der Waals surface area (Å²) in [6.45, 7) is 4.22. The number of amides is 1. The van der Waals surface area contributed by atoms with E-state index in [1.807, 2.05) is 13.0 Å². The monoisotopic (exact) mass is 300 g/mol. The van der Waals surface area contributed by atoms with Crippen LogP contribution in [0.5, 0.6) is 0 Å². The summed E-state index contributed by atoms with van der Waals surface area (Å²) in [5, 5.41) is 6.94. The van der Waals surface area contributed by atoms with Crippen LogP contribution in [-0.2, 0) is 11.3 Å². The van der Waals surface area contributed by atoms with Gasteiger partial charge in [0.1, 0.15) is 17.7 Å². The van der Waals surface area contributed by atoms with Gasteiger partial charge in [-0.3, -0.25) is 9.48 Å². The first-order valence-corrected chi connectivity index (χ1v) is 7.58. The number of rotatable bonds is 5. The lowest BCUT2D eigenvalue weighted by atomic mass is 10.3. The highest BCUT2D eigenvalue weighted by molar-refractivity contribution is 5.79. The Kier molecular flexibility index (Phi) is 4.32. The Hall–Kier alpha value is -2.44. The largest absolute Gasteiger partial charge is 0.357 e. The number of aromatic nitrogens is 4. The molecule has 0 spiro atoms. The molecule has 1 fully saturated rings. The Morgan fingerprint density at radius 1 is 1.36 bits per heavy atom. The highest BCUT2D eigenvalue weighted by Gasteiger charge is 2.16. The lowest BCUT2D eigenvalue weighted by Gasteiger charge is -2.17. The van der Waals surface area contributed by atoms with E-state index in [-0.39, 0.29) is 11.9 Å². The fourth-order valence-electron chi connectivity index (χ4n) is 2.54. The Balaban J connectivity index is 1.59. The van der Waals surface area contributed by atoms with Crippen molar-refractivity contribution < 1.29 is 4.79 Å². The highest BCUT2D eigenvalue weighted by atomic mass is 16.2. The molecule has 1 unspecified atom stereocenters. The molecule has 3 rings (SSSR count). The van der Waals surface area contributed by atoms with Gasteiger partial charge in [0.05, 0.1) is 6.54 Å². The minimum atomic E-state index is -0.350. The molecule has 22 heavy (non-hydrogen) atoms. The van der Waals surface area contributed by atoms with Crippen LogP contribution < -0.4 is 10.2 Å². The molecular weight excluding hydrogens is 280 g/mol. The second-order valence-electron chi connectivity index (χ2n) is 5.41. The Morgan fingerprint density at radius 3 is 2.91 bits per heavy atom. The molecular formula is C15H20N6O. The normalized spacial score (nSPS) is 15.8. The maximum absolute atomic E-state index is 12.1. The fraction of sp³-hybridized carbons (Fsp3) is 0.467. The molecule has 1 amide bonds. The zero-order valence-electron chi connectivity index (χ0n) is 12.6. The summed E-state index contributed by atoms with van der Waals surface area (Å²) in [6, 6.07) is 3.37. The number of anilines is 1. The molecule has 0 aromatic carbocycles. The van der Waals surface area contributed by atoms with Gasteiger partial charge in [-0.2, -0.15) is 5.10 Å². The molecule has 2 aromatic rings. The summed E-state index contributed by atoms with van der Waals surface area (Å²) < 4.78 is 1.62.